The van der Waals surface area contributed by atoms with Crippen LogP contribution >= 0.6 is 0 Å². The summed E-state index contributed by atoms with van der Waals surface area (Å²) in [7, 11) is -4.04. The molecule has 2 N–H and O–H groups in total. The second-order valence-electron chi connectivity index (χ2n) is 13.1. The van der Waals surface area contributed by atoms with Crippen molar-refractivity contribution in [2.24, 2.45) is 0 Å². The number of pyridine rings is 1. The molecule has 2 saturated heterocycles. The summed E-state index contributed by atoms with van der Waals surface area (Å²) in [6.07, 6.45) is -7.18. The van der Waals surface area contributed by atoms with Gasteiger partial charge in [0.05, 0.1) is 33.3 Å². The van der Waals surface area contributed by atoms with Crippen LogP contribution in [0.5, 0.6) is 0 Å². The highest BCUT2D eigenvalue weighted by Gasteiger charge is 2.43. The zero-order valence-corrected chi connectivity index (χ0v) is 28.3. The van der Waals surface area contributed by atoms with Crippen LogP contribution in [0.25, 0.3) is 22.2 Å². The topological polar surface area (TPSA) is 103 Å². The van der Waals surface area contributed by atoms with E-state index in [1.165, 1.54) is 54.6 Å². The molecule has 6 rings (SSSR count). The van der Waals surface area contributed by atoms with Crippen molar-refractivity contribution in [1.29, 1.82) is 0 Å². The van der Waals surface area contributed by atoms with Crippen molar-refractivity contribution >= 4 is 26.6 Å². The number of halogens is 6. The number of aromatic nitrogens is 1. The van der Waals surface area contributed by atoms with Crippen LogP contribution in [0.3, 0.4) is 0 Å². The second kappa shape index (κ2) is 14.2. The van der Waals surface area contributed by atoms with Gasteiger partial charge < -0.3 is 10.4 Å². The van der Waals surface area contributed by atoms with Gasteiger partial charge in [0.2, 0.25) is 0 Å². The lowest BCUT2D eigenvalue weighted by atomic mass is 9.93. The van der Waals surface area contributed by atoms with Crippen molar-refractivity contribution in [3.8, 4) is 11.3 Å². The lowest BCUT2D eigenvalue weighted by molar-refractivity contribution is -0.155. The van der Waals surface area contributed by atoms with Crippen LogP contribution in [0.1, 0.15) is 52.4 Å². The van der Waals surface area contributed by atoms with Crippen LogP contribution < -0.4 is 5.32 Å². The number of β-amino-alcohol motifs (C(OH)–C–C–N with tert-alkyl or cyclic N) is 1. The molecular weight excluding hydrogens is 698 g/mol. The molecular formula is C36H36F6N4O4S. The number of likely N-dealkylation sites (tertiary alicyclic amines) is 2. The Bertz CT molecular complexity index is 2020. The number of alkyl halides is 6. The molecule has 4 aromatic rings. The van der Waals surface area contributed by atoms with Crippen LogP contribution in [0.2, 0.25) is 0 Å². The zero-order chi connectivity index (χ0) is 36.7. The maximum absolute atomic E-state index is 14.5. The molecule has 0 spiro atoms. The summed E-state index contributed by atoms with van der Waals surface area (Å²) < 4.78 is 111. The summed E-state index contributed by atoms with van der Waals surface area (Å²) in [5.74, 6) is -1.19. The minimum absolute atomic E-state index is 0.0592. The molecule has 2 atom stereocenters. The van der Waals surface area contributed by atoms with Crippen LogP contribution in [-0.2, 0) is 22.6 Å². The highest BCUT2D eigenvalue weighted by atomic mass is 32.2. The minimum Gasteiger partial charge on any atom is -0.392 e. The smallest absolute Gasteiger partial charge is 0.392 e. The van der Waals surface area contributed by atoms with Crippen molar-refractivity contribution in [2.75, 3.05) is 32.4 Å². The fourth-order valence-electron chi connectivity index (χ4n) is 7.06. The minimum atomic E-state index is -4.94. The molecule has 272 valence electrons. The molecule has 0 unspecified atom stereocenters. The Morgan fingerprint density at radius 1 is 0.941 bits per heavy atom. The zero-order valence-electron chi connectivity index (χ0n) is 27.5. The third-order valence-corrected chi connectivity index (χ3v) is 10.7. The molecule has 1 amide bonds. The molecule has 8 nitrogen and oxygen atoms in total. The summed E-state index contributed by atoms with van der Waals surface area (Å²) >= 11 is 0. The first kappa shape index (κ1) is 36.7. The monoisotopic (exact) mass is 734 g/mol. The van der Waals surface area contributed by atoms with E-state index in [2.05, 4.69) is 15.2 Å². The lowest BCUT2D eigenvalue weighted by Crippen LogP contribution is -2.44. The van der Waals surface area contributed by atoms with E-state index in [1.807, 2.05) is 4.90 Å². The first-order chi connectivity index (χ1) is 24.0. The first-order valence-corrected chi connectivity index (χ1v) is 18.3. The number of aliphatic hydroxyl groups is 1. The van der Waals surface area contributed by atoms with E-state index in [0.29, 0.717) is 38.9 Å². The van der Waals surface area contributed by atoms with E-state index in [1.54, 1.807) is 0 Å². The number of nitrogens with one attached hydrogen (secondary N) is 1. The number of rotatable bonds is 8. The van der Waals surface area contributed by atoms with Gasteiger partial charge in [0.25, 0.3) is 5.91 Å². The van der Waals surface area contributed by atoms with Gasteiger partial charge in [0.15, 0.2) is 15.9 Å². The highest BCUT2D eigenvalue weighted by Crippen LogP contribution is 2.39. The molecule has 3 heterocycles. The van der Waals surface area contributed by atoms with E-state index < -0.39 is 45.8 Å². The van der Waals surface area contributed by atoms with Crippen LogP contribution in [0.15, 0.2) is 77.7 Å². The molecule has 0 saturated carbocycles. The quantitative estimate of drug-likeness (QED) is 0.203. The Morgan fingerprint density at radius 2 is 1.63 bits per heavy atom. The number of para-hydroxylation sites is 1. The van der Waals surface area contributed by atoms with Crippen LogP contribution in [-0.4, -0.2) is 85.0 Å². The number of fused-ring (bicyclic) bond motifs is 1. The van der Waals surface area contributed by atoms with Gasteiger partial charge in [-0.3, -0.25) is 14.6 Å². The molecule has 0 bridgehead atoms. The van der Waals surface area contributed by atoms with Gasteiger partial charge in [0.1, 0.15) is 0 Å². The average molecular weight is 735 g/mol. The predicted molar refractivity (Wildman–Crippen MR) is 178 cm³/mol. The molecule has 51 heavy (non-hydrogen) atoms. The summed E-state index contributed by atoms with van der Waals surface area (Å²) in [6, 6.07) is 12.6. The number of hydrogen-bond acceptors (Lipinski definition) is 7. The number of piperidine rings is 1. The fraction of sp³-hybridized carbons (Fsp3) is 0.389. The van der Waals surface area contributed by atoms with Gasteiger partial charge in [-0.1, -0.05) is 54.6 Å². The maximum Gasteiger partial charge on any atom is 0.416 e. The van der Waals surface area contributed by atoms with Gasteiger partial charge in [-0.2, -0.15) is 26.3 Å². The van der Waals surface area contributed by atoms with Gasteiger partial charge in [0, 0.05) is 48.4 Å². The van der Waals surface area contributed by atoms with Crippen molar-refractivity contribution in [3.63, 3.8) is 0 Å². The Kier molecular flexibility index (Phi) is 10.2. The SMILES string of the molecule is CS(=O)(=O)c1cccc2c(C(=O)N[C@H](c3ccccc3)C(F)(F)F)c(CN3CCC(N4CC[C@@H](O)C4)CC3)c(-c3cccc(C(F)(F)F)c3)nc12. The summed E-state index contributed by atoms with van der Waals surface area (Å²) in [6.45, 7) is 2.19. The number of hydrogen-bond donors (Lipinski definition) is 2. The Labute approximate surface area is 291 Å². The van der Waals surface area contributed by atoms with Gasteiger partial charge in [-0.25, -0.2) is 13.4 Å². The van der Waals surface area contributed by atoms with Crippen molar-refractivity contribution in [3.05, 3.63) is 95.1 Å². The van der Waals surface area contributed by atoms with E-state index in [4.69, 9.17) is 0 Å². The lowest BCUT2D eigenvalue weighted by Gasteiger charge is -2.37. The Morgan fingerprint density at radius 3 is 2.24 bits per heavy atom. The molecule has 15 heteroatoms. The van der Waals surface area contributed by atoms with E-state index in [0.717, 1.165) is 31.0 Å². The molecule has 1 aromatic heterocycles. The fourth-order valence-corrected chi connectivity index (χ4v) is 7.90. The van der Waals surface area contributed by atoms with E-state index in [9.17, 15) is 44.7 Å². The summed E-state index contributed by atoms with van der Waals surface area (Å²) in [5, 5.41) is 12.1. The van der Waals surface area contributed by atoms with E-state index in [-0.39, 0.29) is 56.3 Å². The van der Waals surface area contributed by atoms with Crippen molar-refractivity contribution in [2.45, 2.75) is 61.2 Å². The van der Waals surface area contributed by atoms with E-state index >= 15 is 0 Å². The largest absolute Gasteiger partial charge is 0.416 e. The summed E-state index contributed by atoms with van der Waals surface area (Å²) in [4.78, 5) is 22.8. The summed E-state index contributed by atoms with van der Waals surface area (Å²) in [5.41, 5.74) is -2.01. The molecule has 0 radical (unpaired) electrons. The second-order valence-corrected chi connectivity index (χ2v) is 15.1. The maximum atomic E-state index is 14.5. The molecule has 3 aromatic carbocycles. The van der Waals surface area contributed by atoms with Crippen LogP contribution in [0, 0.1) is 0 Å². The molecule has 2 aliphatic rings. The number of carbonyl (C=O) groups excluding carboxylic acids is 1. The van der Waals surface area contributed by atoms with Gasteiger partial charge in [-0.15, -0.1) is 0 Å². The number of aliphatic hydroxyl groups excluding tert-OH is 1. The third-order valence-electron chi connectivity index (χ3n) is 9.56. The van der Waals surface area contributed by atoms with Crippen molar-refractivity contribution < 1.29 is 44.7 Å². The standard InChI is InChI=1S/C36H36F6N4O4S/c1-51(49,50)29-12-6-11-27-30(34(48)44-33(36(40,41)42)22-7-3-2-4-8-22)28(21-45-16-13-25(14-17-45)46-18-15-26(47)20-46)31(43-32(27)29)23-9-5-10-24(19-23)35(37,38)39/h2-12,19,25-26,33,47H,13-18,20-21H2,1H3,(H,44,48)/t26-,33-/m1/s1. The number of nitrogens with zero attached hydrogens (tertiary/aromatic N) is 3. The molecule has 2 aliphatic heterocycles. The molecule has 2 fully saturated rings. The Balaban J connectivity index is 1.53. The number of sulfone groups is 1. The highest BCUT2D eigenvalue weighted by molar-refractivity contribution is 7.91. The predicted octanol–water partition coefficient (Wildman–Crippen LogP) is 6.39. The average Bonchev–Trinajstić information content (AvgIpc) is 3.52. The third kappa shape index (κ3) is 8.06. The van der Waals surface area contributed by atoms with Crippen LogP contribution in [0.4, 0.5) is 26.3 Å². The normalized spacial score (nSPS) is 19.0. The van der Waals surface area contributed by atoms with Gasteiger partial charge in [-0.05, 0) is 56.1 Å². The number of carbonyl (C=O) groups is 1. The first-order valence-electron chi connectivity index (χ1n) is 16.4. The van der Waals surface area contributed by atoms with Crippen molar-refractivity contribution in [1.82, 2.24) is 20.1 Å². The number of amides is 1. The van der Waals surface area contributed by atoms with Gasteiger partial charge >= 0.3 is 12.4 Å². The molecule has 0 aliphatic carbocycles. The number of benzene rings is 3. The Hall–Kier alpha value is -4.05.